The lowest BCUT2D eigenvalue weighted by molar-refractivity contribution is -0.302. The summed E-state index contributed by atoms with van der Waals surface area (Å²) >= 11 is 0. The number of aliphatic hydroxyl groups is 5. The van der Waals surface area contributed by atoms with Crippen LogP contribution in [0.25, 0.3) is 0 Å². The second-order valence-corrected chi connectivity index (χ2v) is 18.3. The Kier molecular flexibility index (Phi) is 41.3. The lowest BCUT2D eigenvalue weighted by Crippen LogP contribution is -2.60. The van der Waals surface area contributed by atoms with E-state index in [4.69, 9.17) is 9.47 Å². The van der Waals surface area contributed by atoms with Gasteiger partial charge in [-0.25, -0.2) is 0 Å². The number of aliphatic hydroxyl groups excluding tert-OH is 5. The first kappa shape index (κ1) is 59.2. The topological polar surface area (TPSA) is 149 Å². The van der Waals surface area contributed by atoms with Crippen molar-refractivity contribution in [2.45, 2.75) is 275 Å². The first-order chi connectivity index (χ1) is 30.8. The average molecular weight is 890 g/mol. The van der Waals surface area contributed by atoms with Crippen molar-refractivity contribution in [1.82, 2.24) is 5.32 Å². The quantitative estimate of drug-likeness (QED) is 0.0262. The van der Waals surface area contributed by atoms with Gasteiger partial charge in [0.25, 0.3) is 0 Å². The molecule has 368 valence electrons. The van der Waals surface area contributed by atoms with Crippen molar-refractivity contribution >= 4 is 5.91 Å². The molecule has 1 fully saturated rings. The van der Waals surface area contributed by atoms with E-state index in [0.29, 0.717) is 6.42 Å². The maximum Gasteiger partial charge on any atom is 0.220 e. The lowest BCUT2D eigenvalue weighted by atomic mass is 9.99. The predicted molar refractivity (Wildman–Crippen MR) is 263 cm³/mol. The van der Waals surface area contributed by atoms with Crippen molar-refractivity contribution in [2.75, 3.05) is 13.2 Å². The highest BCUT2D eigenvalue weighted by Crippen LogP contribution is 2.23. The van der Waals surface area contributed by atoms with Gasteiger partial charge >= 0.3 is 0 Å². The van der Waals surface area contributed by atoms with Crippen LogP contribution in [-0.2, 0) is 14.3 Å². The van der Waals surface area contributed by atoms with E-state index in [2.05, 4.69) is 55.6 Å². The third-order valence-electron chi connectivity index (χ3n) is 12.4. The number of nitrogens with one attached hydrogen (secondary N) is 1. The third-order valence-corrected chi connectivity index (χ3v) is 12.4. The first-order valence-corrected chi connectivity index (χ1v) is 26.4. The molecule has 6 N–H and O–H groups in total. The number of allylic oxidation sites excluding steroid dienone is 7. The second kappa shape index (κ2) is 44.0. The minimum absolute atomic E-state index is 0.187. The Balaban J connectivity index is 2.29. The van der Waals surface area contributed by atoms with E-state index >= 15 is 0 Å². The highest BCUT2D eigenvalue weighted by Gasteiger charge is 2.44. The van der Waals surface area contributed by atoms with Crippen LogP contribution in [0.2, 0.25) is 0 Å². The summed E-state index contributed by atoms with van der Waals surface area (Å²) < 4.78 is 11.2. The molecule has 1 saturated heterocycles. The van der Waals surface area contributed by atoms with Crippen molar-refractivity contribution in [3.63, 3.8) is 0 Å². The summed E-state index contributed by atoms with van der Waals surface area (Å²) in [6.07, 6.45) is 50.2. The molecule has 0 bridgehead atoms. The van der Waals surface area contributed by atoms with Crippen LogP contribution in [0.15, 0.2) is 48.6 Å². The van der Waals surface area contributed by atoms with E-state index in [9.17, 15) is 30.3 Å². The number of carbonyl (C=O) groups is 1. The van der Waals surface area contributed by atoms with Crippen molar-refractivity contribution in [3.8, 4) is 0 Å². The smallest absolute Gasteiger partial charge is 0.220 e. The SMILES string of the molecule is CC/C=C\C/C=C\CCCCCCCCCCCCCCCCC(=O)NC(COC1OC(CO)C(O)C(O)C1O)C(O)/C=C/CC/C=C/CCCCCCCCCCCCCCC. The van der Waals surface area contributed by atoms with Crippen LogP contribution in [0.4, 0.5) is 0 Å². The van der Waals surface area contributed by atoms with Crippen LogP contribution in [0.1, 0.15) is 232 Å². The first-order valence-electron chi connectivity index (χ1n) is 26.4. The zero-order valence-corrected chi connectivity index (χ0v) is 40.6. The number of hydrogen-bond acceptors (Lipinski definition) is 8. The van der Waals surface area contributed by atoms with Crippen LogP contribution < -0.4 is 5.32 Å². The third kappa shape index (κ3) is 34.2. The maximum absolute atomic E-state index is 13.0. The van der Waals surface area contributed by atoms with Crippen LogP contribution in [0, 0.1) is 0 Å². The molecular formula is C54H99NO8. The molecule has 0 saturated carbocycles. The molecular weight excluding hydrogens is 791 g/mol. The van der Waals surface area contributed by atoms with Crippen LogP contribution in [-0.4, -0.2) is 87.5 Å². The lowest BCUT2D eigenvalue weighted by Gasteiger charge is -2.40. The molecule has 0 radical (unpaired) electrons. The van der Waals surface area contributed by atoms with E-state index in [1.165, 1.54) is 161 Å². The van der Waals surface area contributed by atoms with Crippen molar-refractivity contribution < 1.29 is 39.8 Å². The Morgan fingerprint density at radius 3 is 1.51 bits per heavy atom. The molecule has 1 rings (SSSR count). The van der Waals surface area contributed by atoms with Gasteiger partial charge in [-0.15, -0.1) is 0 Å². The van der Waals surface area contributed by atoms with Gasteiger partial charge in [0.15, 0.2) is 6.29 Å². The highest BCUT2D eigenvalue weighted by atomic mass is 16.7. The Morgan fingerprint density at radius 1 is 0.556 bits per heavy atom. The molecule has 1 heterocycles. The van der Waals surface area contributed by atoms with Crippen LogP contribution >= 0.6 is 0 Å². The fourth-order valence-corrected chi connectivity index (χ4v) is 8.21. The fraction of sp³-hybridized carbons (Fsp3) is 0.833. The monoisotopic (exact) mass is 890 g/mol. The molecule has 1 amide bonds. The fourth-order valence-electron chi connectivity index (χ4n) is 8.21. The summed E-state index contributed by atoms with van der Waals surface area (Å²) in [7, 11) is 0. The summed E-state index contributed by atoms with van der Waals surface area (Å²) in [5.74, 6) is -0.187. The zero-order chi connectivity index (χ0) is 45.9. The van der Waals surface area contributed by atoms with E-state index in [1.807, 2.05) is 6.08 Å². The van der Waals surface area contributed by atoms with E-state index < -0.39 is 49.5 Å². The van der Waals surface area contributed by atoms with E-state index in [-0.39, 0.29) is 12.5 Å². The molecule has 0 aromatic rings. The van der Waals surface area contributed by atoms with Crippen molar-refractivity contribution in [2.24, 2.45) is 0 Å². The number of carbonyl (C=O) groups excluding carboxylic acids is 1. The Morgan fingerprint density at radius 2 is 1.00 bits per heavy atom. The molecule has 0 aromatic carbocycles. The Hall–Kier alpha value is -1.85. The normalized spacial score (nSPS) is 20.5. The van der Waals surface area contributed by atoms with Gasteiger partial charge in [0, 0.05) is 6.42 Å². The Labute approximate surface area is 386 Å². The number of hydrogen-bond donors (Lipinski definition) is 6. The van der Waals surface area contributed by atoms with Crippen LogP contribution in [0.3, 0.4) is 0 Å². The summed E-state index contributed by atoms with van der Waals surface area (Å²) in [6.45, 7) is 3.67. The molecule has 9 nitrogen and oxygen atoms in total. The molecule has 63 heavy (non-hydrogen) atoms. The summed E-state index contributed by atoms with van der Waals surface area (Å²) in [5.41, 5.74) is 0. The number of unbranched alkanes of at least 4 members (excludes halogenated alkanes) is 28. The van der Waals surface area contributed by atoms with Gasteiger partial charge in [-0.3, -0.25) is 4.79 Å². The summed E-state index contributed by atoms with van der Waals surface area (Å²) in [6, 6.07) is -0.822. The zero-order valence-electron chi connectivity index (χ0n) is 40.6. The van der Waals surface area contributed by atoms with E-state index in [1.54, 1.807) is 6.08 Å². The van der Waals surface area contributed by atoms with Gasteiger partial charge in [-0.05, 0) is 57.8 Å². The van der Waals surface area contributed by atoms with Gasteiger partial charge in [-0.2, -0.15) is 0 Å². The van der Waals surface area contributed by atoms with Crippen LogP contribution in [0.5, 0.6) is 0 Å². The minimum atomic E-state index is -1.57. The maximum atomic E-state index is 13.0. The number of rotatable bonds is 44. The average Bonchev–Trinajstić information content (AvgIpc) is 3.28. The minimum Gasteiger partial charge on any atom is -0.394 e. The van der Waals surface area contributed by atoms with Gasteiger partial charge < -0.3 is 40.3 Å². The van der Waals surface area contributed by atoms with Gasteiger partial charge in [0.1, 0.15) is 24.4 Å². The summed E-state index contributed by atoms with van der Waals surface area (Å²) in [5, 5.41) is 54.4. The molecule has 1 aliphatic heterocycles. The molecule has 7 atom stereocenters. The molecule has 7 unspecified atom stereocenters. The van der Waals surface area contributed by atoms with Gasteiger partial charge in [0.2, 0.25) is 5.91 Å². The number of ether oxygens (including phenoxy) is 2. The largest absolute Gasteiger partial charge is 0.394 e. The number of amides is 1. The Bertz CT molecular complexity index is 1130. The van der Waals surface area contributed by atoms with Gasteiger partial charge in [0.05, 0.1) is 25.4 Å². The standard InChI is InChI=1S/C54H99NO8/c1-3-5-7-9-11-13-15-17-19-21-23-24-26-28-30-32-34-36-38-40-42-44-50(58)55-47(46-62-54-53(61)52(60)51(59)49(45-56)63-54)48(57)43-41-39-37-35-33-31-29-27-25-22-20-18-16-14-12-10-8-6-4-2/h5,7,11,13,33,35,41,43,47-49,51-54,56-57,59-61H,3-4,6,8-10,12,14-32,34,36-40,42,44-46H2,1-2H3,(H,55,58)/b7-5-,13-11-,35-33+,43-41+. The molecule has 9 heteroatoms. The molecule has 0 aliphatic carbocycles. The van der Waals surface area contributed by atoms with Crippen molar-refractivity contribution in [3.05, 3.63) is 48.6 Å². The second-order valence-electron chi connectivity index (χ2n) is 18.3. The summed E-state index contributed by atoms with van der Waals surface area (Å²) in [4.78, 5) is 13.0. The molecule has 0 spiro atoms. The van der Waals surface area contributed by atoms with Crippen molar-refractivity contribution in [1.29, 1.82) is 0 Å². The highest BCUT2D eigenvalue weighted by molar-refractivity contribution is 5.76. The predicted octanol–water partition coefficient (Wildman–Crippen LogP) is 12.2. The van der Waals surface area contributed by atoms with E-state index in [0.717, 1.165) is 51.4 Å². The van der Waals surface area contributed by atoms with Gasteiger partial charge in [-0.1, -0.05) is 217 Å². The molecule has 1 aliphatic rings. The molecule has 0 aromatic heterocycles.